The number of nitrogens with one attached hydrogen (secondary N) is 2. The van der Waals surface area contributed by atoms with Crippen LogP contribution < -0.4 is 15.5 Å². The summed E-state index contributed by atoms with van der Waals surface area (Å²) in [4.78, 5) is 52.8. The molecule has 248 valence electrons. The first-order valence-electron chi connectivity index (χ1n) is 14.1. The molecular formula is C31H35F3N4O8. The zero-order chi connectivity index (χ0) is 34.2. The Balaban J connectivity index is 0.000000738. The van der Waals surface area contributed by atoms with Crippen LogP contribution in [0.5, 0.6) is 5.75 Å². The normalized spacial score (nSPS) is 16.5. The van der Waals surface area contributed by atoms with Gasteiger partial charge in [-0.3, -0.25) is 19.8 Å². The molecule has 0 saturated carbocycles. The lowest BCUT2D eigenvalue weighted by molar-refractivity contribution is -0.192. The summed E-state index contributed by atoms with van der Waals surface area (Å²) >= 11 is 0. The van der Waals surface area contributed by atoms with Crippen LogP contribution in [0.1, 0.15) is 48.8 Å². The van der Waals surface area contributed by atoms with Crippen LogP contribution in [0.15, 0.2) is 54.6 Å². The minimum absolute atomic E-state index is 0.0687. The van der Waals surface area contributed by atoms with Gasteiger partial charge in [0.1, 0.15) is 18.0 Å². The molecule has 2 atom stereocenters. The van der Waals surface area contributed by atoms with Gasteiger partial charge in [0.05, 0.1) is 17.5 Å². The predicted molar refractivity (Wildman–Crippen MR) is 158 cm³/mol. The van der Waals surface area contributed by atoms with Gasteiger partial charge < -0.3 is 24.8 Å². The summed E-state index contributed by atoms with van der Waals surface area (Å²) in [5.41, 5.74) is 4.18. The summed E-state index contributed by atoms with van der Waals surface area (Å²) in [6.07, 6.45) is -5.35. The molecule has 1 saturated heterocycles. The van der Waals surface area contributed by atoms with E-state index in [1.807, 2.05) is 37.3 Å². The molecule has 3 amide bonds. The van der Waals surface area contributed by atoms with Crippen LogP contribution in [0.4, 0.5) is 18.0 Å². The number of para-hydroxylation sites is 1. The molecule has 2 heterocycles. The van der Waals surface area contributed by atoms with E-state index in [1.165, 1.54) is 4.90 Å². The Hall–Kier alpha value is -4.92. The van der Waals surface area contributed by atoms with Gasteiger partial charge in [-0.25, -0.2) is 15.1 Å². The average Bonchev–Trinajstić information content (AvgIpc) is 2.98. The molecule has 3 aromatic rings. The van der Waals surface area contributed by atoms with Gasteiger partial charge >= 0.3 is 18.2 Å². The summed E-state index contributed by atoms with van der Waals surface area (Å²) < 4.78 is 43.2. The van der Waals surface area contributed by atoms with Gasteiger partial charge in [-0.15, -0.1) is 0 Å². The zero-order valence-electron chi connectivity index (χ0n) is 25.6. The first-order chi connectivity index (χ1) is 21.5. The number of hydroxylamine groups is 1. The van der Waals surface area contributed by atoms with E-state index in [0.717, 1.165) is 22.2 Å². The number of aryl methyl sites for hydroxylation is 1. The van der Waals surface area contributed by atoms with Crippen LogP contribution in [0.3, 0.4) is 0 Å². The zero-order valence-corrected chi connectivity index (χ0v) is 25.6. The maximum Gasteiger partial charge on any atom is 0.490 e. The molecule has 1 aliphatic rings. The van der Waals surface area contributed by atoms with Crippen molar-refractivity contribution in [3.63, 3.8) is 0 Å². The number of halogens is 3. The number of aliphatic carboxylic acids is 1. The highest BCUT2D eigenvalue weighted by Gasteiger charge is 2.39. The van der Waals surface area contributed by atoms with Gasteiger partial charge in [0.25, 0.3) is 5.91 Å². The molecule has 1 aliphatic heterocycles. The lowest BCUT2D eigenvalue weighted by Crippen LogP contribution is -2.57. The number of benzene rings is 2. The number of likely N-dealkylation sites (tertiary alicyclic amines) is 1. The second-order valence-electron chi connectivity index (χ2n) is 11.4. The third-order valence-electron chi connectivity index (χ3n) is 6.71. The number of aromatic nitrogens is 1. The molecule has 1 aromatic heterocycles. The monoisotopic (exact) mass is 648 g/mol. The number of hydrogen-bond donors (Lipinski definition) is 4. The maximum absolute atomic E-state index is 13.1. The number of carbonyl (C=O) groups is 4. The third-order valence-corrected chi connectivity index (χ3v) is 6.71. The van der Waals surface area contributed by atoms with Gasteiger partial charge in [0.15, 0.2) is 0 Å². The third kappa shape index (κ3) is 10.1. The van der Waals surface area contributed by atoms with Crippen molar-refractivity contribution in [1.82, 2.24) is 20.7 Å². The Labute approximate surface area is 262 Å². The van der Waals surface area contributed by atoms with E-state index in [2.05, 4.69) is 10.3 Å². The number of carboxylic acid groups (broad SMARTS) is 1. The Morgan fingerprint density at radius 1 is 1.04 bits per heavy atom. The Morgan fingerprint density at radius 3 is 2.26 bits per heavy atom. The topological polar surface area (TPSA) is 167 Å². The molecule has 4 rings (SSSR count). The van der Waals surface area contributed by atoms with Crippen LogP contribution in [0, 0.1) is 12.8 Å². The minimum atomic E-state index is -5.08. The highest BCUT2D eigenvalue weighted by molar-refractivity contribution is 5.95. The SMILES string of the molecule is Cc1cc(COc2ccc(C(=O)N[C@H]3CN(C(=O)OC(C)(C)C)CC[C@@H]3C(=O)NO)cc2)c2ccccc2n1.O=C(O)C(F)(F)F. The standard InChI is InChI=1S/C29H34N4O6.C2HF3O2/c1-18-15-20(22-7-5-6-8-24(22)30-18)17-38-21-11-9-19(10-12-21)26(34)31-25-16-33(28(36)39-29(2,3)4)14-13-23(25)27(35)32-37;3-2(4,5)1(6)7/h5-12,15,23,25,37H,13-14,16-17H2,1-4H3,(H,31,34)(H,32,35);(H,6,7)/t23-,25-;/m0./s1. The first kappa shape index (κ1) is 35.6. The molecule has 0 unspecified atom stereocenters. The maximum atomic E-state index is 13.1. The van der Waals surface area contributed by atoms with Crippen molar-refractivity contribution >= 4 is 34.8 Å². The van der Waals surface area contributed by atoms with E-state index >= 15 is 0 Å². The summed E-state index contributed by atoms with van der Waals surface area (Å²) in [5.74, 6) is -3.90. The van der Waals surface area contributed by atoms with Gasteiger partial charge in [-0.05, 0) is 70.5 Å². The van der Waals surface area contributed by atoms with Crippen molar-refractivity contribution in [2.75, 3.05) is 13.1 Å². The van der Waals surface area contributed by atoms with Crippen molar-refractivity contribution in [3.8, 4) is 5.75 Å². The summed E-state index contributed by atoms with van der Waals surface area (Å²) in [6.45, 7) is 7.92. The van der Waals surface area contributed by atoms with Crippen LogP contribution in [-0.4, -0.2) is 75.0 Å². The van der Waals surface area contributed by atoms with Gasteiger partial charge in [-0.1, -0.05) is 18.2 Å². The number of carbonyl (C=O) groups excluding carboxylic acids is 3. The van der Waals surface area contributed by atoms with Crippen molar-refractivity contribution in [2.45, 2.75) is 58.5 Å². The molecule has 0 spiro atoms. The van der Waals surface area contributed by atoms with Gasteiger partial charge in [0.2, 0.25) is 5.91 Å². The van der Waals surface area contributed by atoms with Crippen LogP contribution >= 0.6 is 0 Å². The van der Waals surface area contributed by atoms with Crippen molar-refractivity contribution in [1.29, 1.82) is 0 Å². The molecule has 0 aliphatic carbocycles. The Kier molecular flexibility index (Phi) is 11.5. The number of nitrogens with zero attached hydrogens (tertiary/aromatic N) is 2. The number of ether oxygens (including phenoxy) is 2. The van der Waals surface area contributed by atoms with E-state index in [4.69, 9.17) is 19.4 Å². The highest BCUT2D eigenvalue weighted by atomic mass is 19.4. The van der Waals surface area contributed by atoms with Crippen LogP contribution in [-0.2, 0) is 20.9 Å². The van der Waals surface area contributed by atoms with Crippen molar-refractivity contribution in [3.05, 3.63) is 71.4 Å². The molecular weight excluding hydrogens is 613 g/mol. The van der Waals surface area contributed by atoms with Crippen molar-refractivity contribution < 1.29 is 52.1 Å². The lowest BCUT2D eigenvalue weighted by atomic mass is 9.90. The van der Waals surface area contributed by atoms with E-state index in [9.17, 15) is 32.8 Å². The van der Waals surface area contributed by atoms with Crippen molar-refractivity contribution in [2.24, 2.45) is 5.92 Å². The number of piperidine rings is 1. The molecule has 4 N–H and O–H groups in total. The van der Waals surface area contributed by atoms with Gasteiger partial charge in [-0.2, -0.15) is 13.2 Å². The fraction of sp³-hybridized carbons (Fsp3) is 0.387. The predicted octanol–water partition coefficient (Wildman–Crippen LogP) is 4.62. The summed E-state index contributed by atoms with van der Waals surface area (Å²) in [7, 11) is 0. The molecule has 46 heavy (non-hydrogen) atoms. The number of hydrogen-bond acceptors (Lipinski definition) is 8. The van der Waals surface area contributed by atoms with E-state index < -0.39 is 47.6 Å². The lowest BCUT2D eigenvalue weighted by Gasteiger charge is -2.38. The number of alkyl halides is 3. The molecule has 12 nitrogen and oxygen atoms in total. The van der Waals surface area contributed by atoms with Crippen LogP contribution in [0.25, 0.3) is 10.9 Å². The number of amides is 3. The molecule has 2 aromatic carbocycles. The first-order valence-corrected chi connectivity index (χ1v) is 14.1. The smallest absolute Gasteiger partial charge is 0.489 e. The number of fused-ring (bicyclic) bond motifs is 1. The number of rotatable bonds is 6. The van der Waals surface area contributed by atoms with Crippen LogP contribution in [0.2, 0.25) is 0 Å². The highest BCUT2D eigenvalue weighted by Crippen LogP contribution is 2.23. The summed E-state index contributed by atoms with van der Waals surface area (Å²) in [5, 5.41) is 20.2. The fourth-order valence-electron chi connectivity index (χ4n) is 4.62. The average molecular weight is 649 g/mol. The second-order valence-corrected chi connectivity index (χ2v) is 11.4. The molecule has 0 bridgehead atoms. The molecule has 1 fully saturated rings. The quantitative estimate of drug-likeness (QED) is 0.220. The van der Waals surface area contributed by atoms with E-state index in [-0.39, 0.29) is 19.5 Å². The Bertz CT molecular complexity index is 1560. The largest absolute Gasteiger partial charge is 0.490 e. The second kappa shape index (κ2) is 14.9. The number of carboxylic acids is 1. The fourth-order valence-corrected chi connectivity index (χ4v) is 4.62. The Morgan fingerprint density at radius 2 is 1.67 bits per heavy atom. The summed E-state index contributed by atoms with van der Waals surface area (Å²) in [6, 6.07) is 15.8. The molecule has 0 radical (unpaired) electrons. The van der Waals surface area contributed by atoms with E-state index in [0.29, 0.717) is 17.9 Å². The molecule has 15 heteroatoms. The number of pyridine rings is 1. The van der Waals surface area contributed by atoms with E-state index in [1.54, 1.807) is 50.5 Å². The minimum Gasteiger partial charge on any atom is -0.489 e. The van der Waals surface area contributed by atoms with Gasteiger partial charge in [0, 0.05) is 35.3 Å².